The number of carbonyl (C=O) groups is 2. The number of carboxylic acid groups (broad SMARTS) is 2. The Morgan fingerprint density at radius 3 is 2.30 bits per heavy atom. The number of aromatic nitrogens is 2. The van der Waals surface area contributed by atoms with E-state index < -0.39 is 11.9 Å². The molecule has 1 fully saturated rings. The summed E-state index contributed by atoms with van der Waals surface area (Å²) in [6, 6.07) is 15.9. The summed E-state index contributed by atoms with van der Waals surface area (Å²) in [6.07, 6.45) is 2.13. The quantitative estimate of drug-likeness (QED) is 0.517. The van der Waals surface area contributed by atoms with Crippen LogP contribution in [0.15, 0.2) is 65.5 Å². The van der Waals surface area contributed by atoms with Crippen LogP contribution >= 0.6 is 0 Å². The molecule has 1 aliphatic rings. The maximum Gasteiger partial charge on any atom is 0.328 e. The number of benzene rings is 2. The Balaban J connectivity index is 0.000000331. The lowest BCUT2D eigenvalue weighted by atomic mass is 10.2. The summed E-state index contributed by atoms with van der Waals surface area (Å²) in [5.74, 6) is -1.97. The maximum absolute atomic E-state index is 13.3. The summed E-state index contributed by atoms with van der Waals surface area (Å²) in [7, 11) is 0. The van der Waals surface area contributed by atoms with Crippen LogP contribution in [0.25, 0.3) is 16.7 Å². The zero-order chi connectivity index (χ0) is 23.8. The van der Waals surface area contributed by atoms with Crippen molar-refractivity contribution in [3.8, 4) is 5.69 Å². The Morgan fingerprint density at radius 1 is 0.970 bits per heavy atom. The molecule has 1 aromatic heterocycles. The molecule has 3 N–H and O–H groups in total. The van der Waals surface area contributed by atoms with Crippen LogP contribution in [-0.2, 0) is 9.59 Å². The van der Waals surface area contributed by atoms with Crippen LogP contribution in [0.2, 0.25) is 0 Å². The van der Waals surface area contributed by atoms with Gasteiger partial charge in [-0.1, -0.05) is 29.8 Å². The summed E-state index contributed by atoms with van der Waals surface area (Å²) in [5, 5.41) is 19.0. The Labute approximate surface area is 190 Å². The third-order valence-electron chi connectivity index (χ3n) is 5.04. The highest BCUT2D eigenvalue weighted by molar-refractivity contribution is 5.89. The van der Waals surface area contributed by atoms with Gasteiger partial charge < -0.3 is 20.4 Å². The summed E-state index contributed by atoms with van der Waals surface area (Å²) < 4.78 is 1.79. The molecule has 0 radical (unpaired) electrons. The van der Waals surface area contributed by atoms with Crippen LogP contribution in [0.5, 0.6) is 0 Å². The molecule has 1 aliphatic heterocycles. The van der Waals surface area contributed by atoms with E-state index >= 15 is 0 Å². The van der Waals surface area contributed by atoms with E-state index in [2.05, 4.69) is 10.2 Å². The van der Waals surface area contributed by atoms with Crippen LogP contribution in [0, 0.1) is 6.92 Å². The number of fused-ring (bicyclic) bond motifs is 1. The number of hydrogen-bond acceptors (Lipinski definition) is 6. The maximum atomic E-state index is 13.3. The van der Waals surface area contributed by atoms with Crippen molar-refractivity contribution in [1.82, 2.24) is 14.9 Å². The lowest BCUT2D eigenvalue weighted by Gasteiger charge is -2.22. The average molecular weight is 450 g/mol. The Hall–Kier alpha value is -3.98. The molecule has 9 heteroatoms. The van der Waals surface area contributed by atoms with Gasteiger partial charge in [-0.25, -0.2) is 14.6 Å². The third-order valence-corrected chi connectivity index (χ3v) is 5.04. The van der Waals surface area contributed by atoms with E-state index in [1.165, 1.54) is 5.56 Å². The lowest BCUT2D eigenvalue weighted by molar-refractivity contribution is -0.134. The molecule has 0 bridgehead atoms. The normalized spacial score (nSPS) is 13.9. The zero-order valence-electron chi connectivity index (χ0n) is 18.3. The fourth-order valence-electron chi connectivity index (χ4n) is 3.48. The molecular weight excluding hydrogens is 424 g/mol. The van der Waals surface area contributed by atoms with Gasteiger partial charge >= 0.3 is 11.9 Å². The number of hydrogen-bond donors (Lipinski definition) is 3. The van der Waals surface area contributed by atoms with Gasteiger partial charge in [-0.3, -0.25) is 9.36 Å². The second kappa shape index (κ2) is 11.1. The van der Waals surface area contributed by atoms with Crippen molar-refractivity contribution in [1.29, 1.82) is 0 Å². The summed E-state index contributed by atoms with van der Waals surface area (Å²) in [5.41, 5.74) is 3.68. The van der Waals surface area contributed by atoms with Crippen molar-refractivity contribution in [3.63, 3.8) is 0 Å². The standard InChI is InChI=1S/C20H22N4O.C4H4O4/c1-15-7-9-16(10-8-15)24-18-6-3-2-5-17(18)22-19(20(24)25)23-13-4-11-21-12-14-23;5-3(6)1-2-4(7)8/h2-3,5-10,21H,4,11-14H2,1H3;1-2H,(H,5,6)(H,7,8)/b;2-1-. The van der Waals surface area contributed by atoms with Gasteiger partial charge in [0.15, 0.2) is 5.82 Å². The minimum atomic E-state index is -1.26. The van der Waals surface area contributed by atoms with Crippen molar-refractivity contribution in [2.24, 2.45) is 0 Å². The number of anilines is 1. The topological polar surface area (TPSA) is 125 Å². The molecule has 0 saturated carbocycles. The molecule has 33 heavy (non-hydrogen) atoms. The molecule has 9 nitrogen and oxygen atoms in total. The molecule has 2 heterocycles. The predicted molar refractivity (Wildman–Crippen MR) is 126 cm³/mol. The molecule has 4 rings (SSSR count). The molecule has 2 aromatic carbocycles. The molecule has 0 amide bonds. The van der Waals surface area contributed by atoms with Gasteiger partial charge in [0.1, 0.15) is 0 Å². The molecule has 3 aromatic rings. The molecule has 1 saturated heterocycles. The molecule has 172 valence electrons. The van der Waals surface area contributed by atoms with Crippen molar-refractivity contribution >= 4 is 28.8 Å². The molecule has 0 aliphatic carbocycles. The largest absolute Gasteiger partial charge is 0.478 e. The second-order valence-corrected chi connectivity index (χ2v) is 7.50. The van der Waals surface area contributed by atoms with Gasteiger partial charge in [-0.05, 0) is 44.2 Å². The van der Waals surface area contributed by atoms with Gasteiger partial charge in [0.05, 0.1) is 11.0 Å². The first-order valence-electron chi connectivity index (χ1n) is 10.6. The fourth-order valence-corrected chi connectivity index (χ4v) is 3.48. The zero-order valence-corrected chi connectivity index (χ0v) is 18.3. The first kappa shape index (κ1) is 23.7. The number of carboxylic acids is 2. The van der Waals surface area contributed by atoms with E-state index in [1.54, 1.807) is 4.57 Å². The van der Waals surface area contributed by atoms with Crippen LogP contribution in [-0.4, -0.2) is 57.9 Å². The van der Waals surface area contributed by atoms with Crippen molar-refractivity contribution < 1.29 is 19.8 Å². The van der Waals surface area contributed by atoms with Gasteiger partial charge in [0.2, 0.25) is 0 Å². The Kier molecular flexibility index (Phi) is 7.93. The average Bonchev–Trinajstić information content (AvgIpc) is 3.08. The highest BCUT2D eigenvalue weighted by Crippen LogP contribution is 2.19. The van der Waals surface area contributed by atoms with E-state index in [-0.39, 0.29) is 5.56 Å². The lowest BCUT2D eigenvalue weighted by Crippen LogP contribution is -2.35. The molecular formula is C24H26N4O5. The minimum Gasteiger partial charge on any atom is -0.478 e. The van der Waals surface area contributed by atoms with Crippen LogP contribution in [0.1, 0.15) is 12.0 Å². The van der Waals surface area contributed by atoms with E-state index in [9.17, 15) is 14.4 Å². The summed E-state index contributed by atoms with van der Waals surface area (Å²) in [6.45, 7) is 5.55. The number of para-hydroxylation sites is 2. The van der Waals surface area contributed by atoms with Crippen LogP contribution in [0.4, 0.5) is 5.82 Å². The number of nitrogens with zero attached hydrogens (tertiary/aromatic N) is 3. The first-order chi connectivity index (χ1) is 15.9. The van der Waals surface area contributed by atoms with E-state index in [4.69, 9.17) is 15.2 Å². The Bertz CT molecular complexity index is 1190. The number of aliphatic carboxylic acids is 2. The molecule has 0 atom stereocenters. The monoisotopic (exact) mass is 450 g/mol. The van der Waals surface area contributed by atoms with E-state index in [0.717, 1.165) is 49.3 Å². The number of aryl methyl sites for hydroxylation is 1. The van der Waals surface area contributed by atoms with Gasteiger partial charge in [0.25, 0.3) is 5.56 Å². The van der Waals surface area contributed by atoms with Crippen LogP contribution < -0.4 is 15.8 Å². The van der Waals surface area contributed by atoms with Crippen molar-refractivity contribution in [3.05, 3.63) is 76.6 Å². The predicted octanol–water partition coefficient (Wildman–Crippen LogP) is 2.21. The first-order valence-corrected chi connectivity index (χ1v) is 10.6. The smallest absolute Gasteiger partial charge is 0.328 e. The fraction of sp³-hybridized carbons (Fsp3) is 0.250. The van der Waals surface area contributed by atoms with Crippen molar-refractivity contribution in [2.75, 3.05) is 31.1 Å². The number of nitrogens with one attached hydrogen (secondary N) is 1. The number of rotatable bonds is 4. The molecule has 0 spiro atoms. The highest BCUT2D eigenvalue weighted by Gasteiger charge is 2.18. The minimum absolute atomic E-state index is 0.0514. The SMILES string of the molecule is Cc1ccc(-n2c(=O)c(N3CCCNCC3)nc3ccccc32)cc1.O=C(O)/C=C\C(=O)O. The van der Waals surface area contributed by atoms with Gasteiger partial charge in [-0.2, -0.15) is 0 Å². The third kappa shape index (κ3) is 6.27. The van der Waals surface area contributed by atoms with Crippen molar-refractivity contribution in [2.45, 2.75) is 13.3 Å². The van der Waals surface area contributed by atoms with E-state index in [1.807, 2.05) is 55.5 Å². The Morgan fingerprint density at radius 2 is 1.64 bits per heavy atom. The van der Waals surface area contributed by atoms with Crippen LogP contribution in [0.3, 0.4) is 0 Å². The van der Waals surface area contributed by atoms with Gasteiger partial charge in [0, 0.05) is 37.5 Å². The second-order valence-electron chi connectivity index (χ2n) is 7.50. The summed E-state index contributed by atoms with van der Waals surface area (Å²) in [4.78, 5) is 39.2. The van der Waals surface area contributed by atoms with E-state index in [0.29, 0.717) is 18.0 Å². The van der Waals surface area contributed by atoms with Gasteiger partial charge in [-0.15, -0.1) is 0 Å². The highest BCUT2D eigenvalue weighted by atomic mass is 16.4. The summed E-state index contributed by atoms with van der Waals surface area (Å²) >= 11 is 0. The molecule has 0 unspecified atom stereocenters.